The SMILES string of the molecule is COc1cc(N2CCC3(CC2)CC(CN2CCN4c5ccc6c(c5OC[C@H]4C2)CN(C2CCC(=O)NC2=O)C6=O)CO3)ccc1[C@@H]1c2[nH]c3ccccc3c2C[C@@H](C)N1CC(F)F. The summed E-state index contributed by atoms with van der Waals surface area (Å²) in [5.41, 5.74) is 7.41. The first-order chi connectivity index (χ1) is 30.6. The fourth-order valence-corrected chi connectivity index (χ4v) is 12.1. The van der Waals surface area contributed by atoms with Gasteiger partial charge in [-0.2, -0.15) is 0 Å². The van der Waals surface area contributed by atoms with Gasteiger partial charge in [-0.1, -0.05) is 24.3 Å². The van der Waals surface area contributed by atoms with Crippen molar-refractivity contribution in [3.63, 3.8) is 0 Å². The third kappa shape index (κ3) is 7.01. The maximum absolute atomic E-state index is 14.1. The number of imide groups is 1. The van der Waals surface area contributed by atoms with Crippen molar-refractivity contribution in [1.29, 1.82) is 0 Å². The van der Waals surface area contributed by atoms with E-state index in [0.29, 0.717) is 43.2 Å². The summed E-state index contributed by atoms with van der Waals surface area (Å²) in [5.74, 6) is 0.990. The molecule has 1 spiro atoms. The highest BCUT2D eigenvalue weighted by molar-refractivity contribution is 6.06. The van der Waals surface area contributed by atoms with E-state index in [1.54, 1.807) is 12.0 Å². The molecule has 0 bridgehead atoms. The number of carbonyl (C=O) groups excluding carboxylic acids is 3. The molecule has 0 saturated carbocycles. The normalized spacial score (nSPS) is 27.1. The Bertz CT molecular complexity index is 2470. The standard InChI is InChI=1S/C48H55F2N7O6/c1-28-19-35-32-5-3-4-6-37(32)51-43(35)44(56(28)25-41(49)50)34-8-7-30(20-40(34)61-2)54-15-13-48(14-16-54)21-29(26-63-48)22-53-17-18-55-31(23-53)27-62-45-36-24-57(39-11-12-42(58)52-46(39)59)47(60)33(36)9-10-38(45)55/h3-10,20,28-29,31,39,41,44,51H,11-19,21-27H2,1-2H3,(H,52,58,59)/t28-,29?,31-,39?,44-/m1/s1. The summed E-state index contributed by atoms with van der Waals surface area (Å²) in [4.78, 5) is 52.3. The van der Waals surface area contributed by atoms with Crippen molar-refractivity contribution >= 4 is 40.0 Å². The molecule has 7 aliphatic heterocycles. The van der Waals surface area contributed by atoms with Gasteiger partial charge in [0.15, 0.2) is 0 Å². The van der Waals surface area contributed by atoms with Crippen LogP contribution in [0.4, 0.5) is 20.2 Å². The number of hydrogen-bond acceptors (Lipinski definition) is 10. The lowest BCUT2D eigenvalue weighted by atomic mass is 9.84. The number of aromatic amines is 1. The molecule has 3 amide bonds. The lowest BCUT2D eigenvalue weighted by Gasteiger charge is -2.46. The van der Waals surface area contributed by atoms with Gasteiger partial charge in [-0.15, -0.1) is 0 Å². The predicted molar refractivity (Wildman–Crippen MR) is 233 cm³/mol. The molecular formula is C48H55F2N7O6. The van der Waals surface area contributed by atoms with Gasteiger partial charge >= 0.3 is 0 Å². The maximum atomic E-state index is 14.1. The van der Waals surface area contributed by atoms with E-state index in [9.17, 15) is 23.2 Å². The molecule has 7 aliphatic rings. The Kier molecular flexibility index (Phi) is 10.1. The molecule has 0 aliphatic carbocycles. The smallest absolute Gasteiger partial charge is 0.255 e. The van der Waals surface area contributed by atoms with E-state index in [1.165, 1.54) is 5.56 Å². The molecule has 0 radical (unpaired) electrons. The molecule has 8 heterocycles. The molecule has 1 aromatic heterocycles. The number of nitrogens with one attached hydrogen (secondary N) is 2. The summed E-state index contributed by atoms with van der Waals surface area (Å²) in [7, 11) is 1.67. The van der Waals surface area contributed by atoms with Crippen LogP contribution in [0.2, 0.25) is 0 Å². The number of nitrogens with zero attached hydrogens (tertiary/aromatic N) is 5. The van der Waals surface area contributed by atoms with Gasteiger partial charge in [-0.25, -0.2) is 8.78 Å². The first kappa shape index (κ1) is 40.5. The van der Waals surface area contributed by atoms with Crippen LogP contribution in [-0.2, 0) is 27.3 Å². The van der Waals surface area contributed by atoms with Gasteiger partial charge in [0.05, 0.1) is 50.2 Å². The Hall–Kier alpha value is -5.25. The molecule has 2 N–H and O–H groups in total. The van der Waals surface area contributed by atoms with Gasteiger partial charge in [0, 0.05) is 96.8 Å². The number of H-pyrrole nitrogens is 1. The maximum Gasteiger partial charge on any atom is 0.255 e. The number of alkyl halides is 2. The zero-order chi connectivity index (χ0) is 43.1. The number of halogens is 2. The van der Waals surface area contributed by atoms with Crippen LogP contribution in [-0.4, -0.2) is 134 Å². The minimum Gasteiger partial charge on any atom is -0.496 e. The van der Waals surface area contributed by atoms with Gasteiger partial charge in [-0.3, -0.25) is 29.5 Å². The van der Waals surface area contributed by atoms with Crippen LogP contribution in [0, 0.1) is 5.92 Å². The lowest BCUT2D eigenvalue weighted by Crippen LogP contribution is -2.58. The van der Waals surface area contributed by atoms with Crippen molar-refractivity contribution in [3.8, 4) is 11.5 Å². The molecular weight excluding hydrogens is 809 g/mol. The number of hydrogen-bond donors (Lipinski definition) is 2. The summed E-state index contributed by atoms with van der Waals surface area (Å²) >= 11 is 0. The monoisotopic (exact) mass is 863 g/mol. The van der Waals surface area contributed by atoms with Gasteiger partial charge < -0.3 is 33.9 Å². The predicted octanol–water partition coefficient (Wildman–Crippen LogP) is 5.50. The molecule has 15 heteroatoms. The van der Waals surface area contributed by atoms with Crippen molar-refractivity contribution in [2.45, 2.75) is 88.2 Å². The zero-order valence-corrected chi connectivity index (χ0v) is 35.9. The molecule has 4 saturated heterocycles. The Morgan fingerprint density at radius 1 is 0.968 bits per heavy atom. The van der Waals surface area contributed by atoms with Crippen LogP contribution in [0.3, 0.4) is 0 Å². The molecule has 2 unspecified atom stereocenters. The second-order valence-electron chi connectivity index (χ2n) is 18.8. The van der Waals surface area contributed by atoms with Crippen molar-refractivity contribution in [2.24, 2.45) is 5.92 Å². The highest BCUT2D eigenvalue weighted by Crippen LogP contribution is 2.47. The highest BCUT2D eigenvalue weighted by atomic mass is 19.3. The average molecular weight is 864 g/mol. The third-order valence-corrected chi connectivity index (χ3v) is 15.2. The number of ether oxygens (including phenoxy) is 3. The first-order valence-electron chi connectivity index (χ1n) is 22.7. The summed E-state index contributed by atoms with van der Waals surface area (Å²) < 4.78 is 47.4. The Morgan fingerprint density at radius 2 is 1.81 bits per heavy atom. The molecule has 13 nitrogen and oxygen atoms in total. The van der Waals surface area contributed by atoms with E-state index in [4.69, 9.17) is 14.2 Å². The minimum atomic E-state index is -2.46. The highest BCUT2D eigenvalue weighted by Gasteiger charge is 2.46. The van der Waals surface area contributed by atoms with Crippen molar-refractivity contribution in [1.82, 2.24) is 25.0 Å². The Labute approximate surface area is 365 Å². The summed E-state index contributed by atoms with van der Waals surface area (Å²) in [6.07, 6.45) is 1.69. The first-order valence-corrected chi connectivity index (χ1v) is 22.7. The minimum absolute atomic E-state index is 0.0739. The van der Waals surface area contributed by atoms with Crippen LogP contribution in [0.25, 0.3) is 10.9 Å². The number of anilines is 2. The average Bonchev–Trinajstić information content (AvgIpc) is 3.96. The van der Waals surface area contributed by atoms with Gasteiger partial charge in [0.2, 0.25) is 11.8 Å². The van der Waals surface area contributed by atoms with Crippen LogP contribution in [0.5, 0.6) is 11.5 Å². The molecule has 63 heavy (non-hydrogen) atoms. The molecule has 11 rings (SSSR count). The number of methoxy groups -OCH3 is 1. The topological polar surface area (TPSA) is 123 Å². The van der Waals surface area contributed by atoms with E-state index in [1.807, 2.05) is 36.1 Å². The van der Waals surface area contributed by atoms with Gasteiger partial charge in [0.25, 0.3) is 12.3 Å². The van der Waals surface area contributed by atoms with Crippen LogP contribution >= 0.6 is 0 Å². The largest absolute Gasteiger partial charge is 0.496 e. The second-order valence-corrected chi connectivity index (χ2v) is 18.8. The number of carbonyl (C=O) groups is 3. The summed E-state index contributed by atoms with van der Waals surface area (Å²) in [6, 6.07) is 17.4. The zero-order valence-electron chi connectivity index (χ0n) is 35.9. The van der Waals surface area contributed by atoms with Gasteiger partial charge in [0.1, 0.15) is 24.1 Å². The molecule has 332 valence electrons. The number of amides is 3. The number of aromatic nitrogens is 1. The number of benzene rings is 3. The van der Waals surface area contributed by atoms with E-state index >= 15 is 0 Å². The number of piperazine rings is 1. The summed E-state index contributed by atoms with van der Waals surface area (Å²) in [6.45, 7) is 8.65. The van der Waals surface area contributed by atoms with E-state index in [-0.39, 0.29) is 48.5 Å². The van der Waals surface area contributed by atoms with Crippen LogP contribution in [0.1, 0.15) is 77.8 Å². The van der Waals surface area contributed by atoms with E-state index in [2.05, 4.69) is 55.3 Å². The van der Waals surface area contributed by atoms with Crippen molar-refractivity contribution in [3.05, 3.63) is 82.5 Å². The Morgan fingerprint density at radius 3 is 2.62 bits per heavy atom. The van der Waals surface area contributed by atoms with Crippen LogP contribution in [0.15, 0.2) is 54.6 Å². The van der Waals surface area contributed by atoms with Crippen molar-refractivity contribution in [2.75, 3.05) is 75.9 Å². The third-order valence-electron chi connectivity index (χ3n) is 15.2. The van der Waals surface area contributed by atoms with E-state index in [0.717, 1.165) is 110 Å². The van der Waals surface area contributed by atoms with Crippen LogP contribution < -0.4 is 24.6 Å². The van der Waals surface area contributed by atoms with E-state index < -0.39 is 18.4 Å². The van der Waals surface area contributed by atoms with Crippen molar-refractivity contribution < 1.29 is 37.4 Å². The fraction of sp³-hybridized carbons (Fsp3) is 0.521. The summed E-state index contributed by atoms with van der Waals surface area (Å²) in [5, 5.41) is 3.53. The number of piperidine rings is 2. The second kappa shape index (κ2) is 15.8. The molecule has 3 aromatic carbocycles. The number of para-hydroxylation sites is 1. The number of fused-ring (bicyclic) bond motifs is 8. The molecule has 4 fully saturated rings. The Balaban J connectivity index is 0.721. The molecule has 5 atom stereocenters. The fourth-order valence-electron chi connectivity index (χ4n) is 12.1. The number of rotatable bonds is 8. The molecule has 4 aromatic rings. The van der Waals surface area contributed by atoms with Gasteiger partial charge in [-0.05, 0) is 74.8 Å². The lowest BCUT2D eigenvalue weighted by molar-refractivity contribution is -0.136. The quantitative estimate of drug-likeness (QED) is 0.220.